The van der Waals surface area contributed by atoms with Crippen molar-refractivity contribution in [2.24, 2.45) is 0 Å². The first-order valence-electron chi connectivity index (χ1n) is 7.73. The molecule has 0 aromatic rings. The van der Waals surface area contributed by atoms with Gasteiger partial charge in [0.25, 0.3) is 0 Å². The second-order valence-electron chi connectivity index (χ2n) is 7.28. The van der Waals surface area contributed by atoms with Crippen molar-refractivity contribution in [3.8, 4) is 0 Å². The number of nitrogens with zero attached hydrogens (tertiary/aromatic N) is 1. The number of unbranched alkanes of at least 4 members (excludes halogenated alkanes) is 1. The molecule has 0 aliphatic carbocycles. The minimum atomic E-state index is -1.72. The first kappa shape index (κ1) is 17.4. The molecule has 1 rings (SSSR count). The van der Waals surface area contributed by atoms with Crippen LogP contribution in [0.3, 0.4) is 0 Å². The summed E-state index contributed by atoms with van der Waals surface area (Å²) < 4.78 is 6.29. The van der Waals surface area contributed by atoms with Crippen LogP contribution in [0.5, 0.6) is 0 Å². The smallest absolute Gasteiger partial charge is 0.222 e. The van der Waals surface area contributed by atoms with Gasteiger partial charge in [0.1, 0.15) is 0 Å². The Kier molecular flexibility index (Phi) is 6.01. The van der Waals surface area contributed by atoms with Gasteiger partial charge in [-0.25, -0.2) is 0 Å². The van der Waals surface area contributed by atoms with Gasteiger partial charge in [0.15, 0.2) is 8.32 Å². The van der Waals surface area contributed by atoms with Crippen molar-refractivity contribution in [2.75, 3.05) is 13.2 Å². The van der Waals surface area contributed by atoms with E-state index in [1.165, 1.54) is 0 Å². The van der Waals surface area contributed by atoms with Crippen LogP contribution in [0.1, 0.15) is 46.5 Å². The van der Waals surface area contributed by atoms with Crippen LogP contribution < -0.4 is 0 Å². The second kappa shape index (κ2) is 6.90. The number of carbonyl (C=O) groups is 1. The summed E-state index contributed by atoms with van der Waals surface area (Å²) in [6, 6.07) is 0.279. The predicted molar refractivity (Wildman–Crippen MR) is 87.3 cm³/mol. The van der Waals surface area contributed by atoms with Crippen LogP contribution in [0.15, 0.2) is 12.7 Å². The number of likely N-dealkylation sites (tertiary alicyclic amines) is 1. The molecule has 0 aromatic heterocycles. The maximum atomic E-state index is 12.0. The van der Waals surface area contributed by atoms with Crippen molar-refractivity contribution < 1.29 is 9.22 Å². The lowest BCUT2D eigenvalue weighted by Gasteiger charge is -2.38. The summed E-state index contributed by atoms with van der Waals surface area (Å²) in [6.45, 7) is 16.6. The highest BCUT2D eigenvalue weighted by Crippen LogP contribution is 2.37. The van der Waals surface area contributed by atoms with E-state index >= 15 is 0 Å². The van der Waals surface area contributed by atoms with E-state index in [0.29, 0.717) is 13.0 Å². The van der Waals surface area contributed by atoms with Gasteiger partial charge >= 0.3 is 0 Å². The highest BCUT2D eigenvalue weighted by molar-refractivity contribution is 6.74. The summed E-state index contributed by atoms with van der Waals surface area (Å²) in [7, 11) is -1.72. The predicted octanol–water partition coefficient (Wildman–Crippen LogP) is 3.97. The summed E-state index contributed by atoms with van der Waals surface area (Å²) >= 11 is 0. The third kappa shape index (κ3) is 4.45. The molecule has 0 saturated carbocycles. The van der Waals surface area contributed by atoms with Crippen LogP contribution in [-0.2, 0) is 9.22 Å². The first-order valence-corrected chi connectivity index (χ1v) is 10.6. The lowest BCUT2D eigenvalue weighted by molar-refractivity contribution is -0.129. The van der Waals surface area contributed by atoms with Crippen LogP contribution in [-0.4, -0.2) is 38.3 Å². The van der Waals surface area contributed by atoms with E-state index < -0.39 is 8.32 Å². The van der Waals surface area contributed by atoms with Crippen LogP contribution in [0, 0.1) is 0 Å². The Morgan fingerprint density at radius 3 is 2.65 bits per heavy atom. The van der Waals surface area contributed by atoms with Gasteiger partial charge in [0, 0.05) is 13.0 Å². The van der Waals surface area contributed by atoms with E-state index in [9.17, 15) is 4.79 Å². The molecule has 1 amide bonds. The number of amides is 1. The van der Waals surface area contributed by atoms with E-state index in [1.807, 2.05) is 11.0 Å². The van der Waals surface area contributed by atoms with Gasteiger partial charge in [-0.2, -0.15) is 0 Å². The Labute approximate surface area is 125 Å². The van der Waals surface area contributed by atoms with Gasteiger partial charge < -0.3 is 9.33 Å². The second-order valence-corrected chi connectivity index (χ2v) is 12.1. The third-order valence-electron chi connectivity index (χ3n) is 4.70. The van der Waals surface area contributed by atoms with E-state index in [4.69, 9.17) is 4.43 Å². The molecule has 1 saturated heterocycles. The number of allylic oxidation sites excluding steroid dienone is 1. The molecule has 4 heteroatoms. The van der Waals surface area contributed by atoms with Gasteiger partial charge in [-0.1, -0.05) is 26.8 Å². The summed E-state index contributed by atoms with van der Waals surface area (Å²) in [6.07, 6.45) is 5.52. The van der Waals surface area contributed by atoms with E-state index in [1.54, 1.807) is 0 Å². The third-order valence-corrected chi connectivity index (χ3v) is 9.20. The highest BCUT2D eigenvalue weighted by Gasteiger charge is 2.39. The fraction of sp³-hybridized carbons (Fsp3) is 0.812. The SMILES string of the molecule is C=CCCCN1C(=O)CC[C@H]1CO[Si](C)(C)C(C)(C)C. The molecule has 1 atom stereocenters. The highest BCUT2D eigenvalue weighted by atomic mass is 28.4. The Balaban J connectivity index is 2.53. The van der Waals surface area contributed by atoms with Crippen LogP contribution in [0.25, 0.3) is 0 Å². The van der Waals surface area contributed by atoms with Crippen molar-refractivity contribution in [3.63, 3.8) is 0 Å². The van der Waals surface area contributed by atoms with E-state index in [0.717, 1.165) is 25.8 Å². The number of hydrogen-bond donors (Lipinski definition) is 0. The van der Waals surface area contributed by atoms with Gasteiger partial charge in [-0.15, -0.1) is 6.58 Å². The maximum Gasteiger partial charge on any atom is 0.222 e. The van der Waals surface area contributed by atoms with Crippen molar-refractivity contribution in [1.82, 2.24) is 4.90 Å². The van der Waals surface area contributed by atoms with Crippen LogP contribution >= 0.6 is 0 Å². The Bertz CT molecular complexity index is 347. The summed E-state index contributed by atoms with van der Waals surface area (Å²) in [5.74, 6) is 0.290. The average Bonchev–Trinajstić information content (AvgIpc) is 2.67. The molecule has 0 N–H and O–H groups in total. The maximum absolute atomic E-state index is 12.0. The molecule has 0 bridgehead atoms. The minimum Gasteiger partial charge on any atom is -0.415 e. The van der Waals surface area contributed by atoms with Gasteiger partial charge in [-0.3, -0.25) is 4.79 Å². The molecule has 1 heterocycles. The topological polar surface area (TPSA) is 29.5 Å². The first-order chi connectivity index (χ1) is 9.19. The van der Waals surface area contributed by atoms with Gasteiger partial charge in [0.2, 0.25) is 5.91 Å². The molecular formula is C16H31NO2Si. The molecule has 0 aromatic carbocycles. The monoisotopic (exact) mass is 297 g/mol. The van der Waals surface area contributed by atoms with Crippen molar-refractivity contribution >= 4 is 14.2 Å². The molecule has 20 heavy (non-hydrogen) atoms. The van der Waals surface area contributed by atoms with Crippen molar-refractivity contribution in [1.29, 1.82) is 0 Å². The van der Waals surface area contributed by atoms with Crippen LogP contribution in [0.2, 0.25) is 18.1 Å². The molecule has 1 fully saturated rings. The quantitative estimate of drug-likeness (QED) is 0.404. The average molecular weight is 298 g/mol. The Hall–Kier alpha value is -0.613. The Morgan fingerprint density at radius 1 is 1.45 bits per heavy atom. The van der Waals surface area contributed by atoms with Gasteiger partial charge in [-0.05, 0) is 37.4 Å². The molecule has 116 valence electrons. The molecule has 3 nitrogen and oxygen atoms in total. The molecular weight excluding hydrogens is 266 g/mol. The summed E-state index contributed by atoms with van der Waals surface area (Å²) in [5.41, 5.74) is 0. The molecule has 0 radical (unpaired) electrons. The van der Waals surface area contributed by atoms with Crippen LogP contribution in [0.4, 0.5) is 0 Å². The molecule has 1 aliphatic rings. The lowest BCUT2D eigenvalue weighted by Crippen LogP contribution is -2.45. The number of rotatable bonds is 7. The lowest BCUT2D eigenvalue weighted by atomic mass is 10.2. The van der Waals surface area contributed by atoms with Crippen molar-refractivity contribution in [3.05, 3.63) is 12.7 Å². The largest absolute Gasteiger partial charge is 0.415 e. The molecule has 1 aliphatic heterocycles. The Morgan fingerprint density at radius 2 is 2.10 bits per heavy atom. The summed E-state index contributed by atoms with van der Waals surface area (Å²) in [5, 5.41) is 0.225. The van der Waals surface area contributed by atoms with Gasteiger partial charge in [0.05, 0.1) is 12.6 Å². The normalized spacial score (nSPS) is 20.6. The van der Waals surface area contributed by atoms with E-state index in [2.05, 4.69) is 40.4 Å². The standard InChI is InChI=1S/C16H31NO2Si/c1-7-8-9-12-17-14(10-11-15(17)18)13-19-20(5,6)16(2,3)4/h7,14H,1,8-13H2,2-6H3/t14-/m0/s1. The summed E-state index contributed by atoms with van der Waals surface area (Å²) in [4.78, 5) is 14.0. The zero-order valence-electron chi connectivity index (χ0n) is 13.9. The zero-order chi connectivity index (χ0) is 15.4. The fourth-order valence-corrected chi connectivity index (χ4v) is 3.24. The molecule has 0 spiro atoms. The minimum absolute atomic E-state index is 0.225. The number of hydrogen-bond acceptors (Lipinski definition) is 2. The van der Waals surface area contributed by atoms with E-state index in [-0.39, 0.29) is 17.0 Å². The fourth-order valence-electron chi connectivity index (χ4n) is 2.20. The molecule has 0 unspecified atom stereocenters. The number of carbonyl (C=O) groups excluding carboxylic acids is 1. The zero-order valence-corrected chi connectivity index (χ0v) is 14.9. The van der Waals surface area contributed by atoms with Crippen molar-refractivity contribution in [2.45, 2.75) is 70.6 Å².